The van der Waals surface area contributed by atoms with E-state index in [0.717, 1.165) is 5.75 Å². The van der Waals surface area contributed by atoms with E-state index >= 15 is 0 Å². The van der Waals surface area contributed by atoms with Gasteiger partial charge in [-0.05, 0) is 24.3 Å². The third-order valence-corrected chi connectivity index (χ3v) is 2.27. The van der Waals surface area contributed by atoms with Crippen LogP contribution in [0.3, 0.4) is 0 Å². The molecule has 1 aromatic rings. The van der Waals surface area contributed by atoms with Crippen LogP contribution in [0.15, 0.2) is 24.3 Å². The van der Waals surface area contributed by atoms with Gasteiger partial charge in [0, 0.05) is 5.41 Å². The second kappa shape index (κ2) is 5.01. The van der Waals surface area contributed by atoms with Gasteiger partial charge >= 0.3 is 0 Å². The van der Waals surface area contributed by atoms with Crippen molar-refractivity contribution in [3.05, 3.63) is 24.3 Å². The smallest absolute Gasteiger partial charge is 0.175 e. The minimum atomic E-state index is -0.355. The largest absolute Gasteiger partial charge is 0.497 e. The molecule has 0 N–H and O–H groups in total. The maximum atomic E-state index is 11.6. The zero-order valence-electron chi connectivity index (χ0n) is 10.2. The molecule has 0 bridgehead atoms. The van der Waals surface area contributed by atoms with Crippen molar-refractivity contribution in [1.82, 2.24) is 0 Å². The molecule has 0 fully saturated rings. The van der Waals surface area contributed by atoms with Gasteiger partial charge in [-0.1, -0.05) is 20.8 Å². The van der Waals surface area contributed by atoms with Gasteiger partial charge in [-0.15, -0.1) is 0 Å². The number of hydrogen-bond acceptors (Lipinski definition) is 3. The van der Waals surface area contributed by atoms with Gasteiger partial charge in [0.15, 0.2) is 5.78 Å². The molecular formula is C13H18O3. The normalized spacial score (nSPS) is 11.0. The lowest BCUT2D eigenvalue weighted by molar-refractivity contribution is -0.128. The maximum Gasteiger partial charge on any atom is 0.175 e. The summed E-state index contributed by atoms with van der Waals surface area (Å²) in [5.74, 6) is 1.54. The Kier molecular flexibility index (Phi) is 3.93. The maximum absolute atomic E-state index is 11.6. The first-order chi connectivity index (χ1) is 7.43. The lowest BCUT2D eigenvalue weighted by Crippen LogP contribution is -2.26. The highest BCUT2D eigenvalue weighted by Gasteiger charge is 2.21. The van der Waals surface area contributed by atoms with E-state index in [1.54, 1.807) is 31.4 Å². The van der Waals surface area contributed by atoms with Gasteiger partial charge in [0.2, 0.25) is 0 Å². The molecule has 0 amide bonds. The number of methoxy groups -OCH3 is 1. The zero-order chi connectivity index (χ0) is 12.2. The van der Waals surface area contributed by atoms with Gasteiger partial charge in [0.05, 0.1) is 7.11 Å². The molecular weight excluding hydrogens is 204 g/mol. The van der Waals surface area contributed by atoms with Crippen molar-refractivity contribution in [2.24, 2.45) is 5.41 Å². The molecule has 0 saturated carbocycles. The van der Waals surface area contributed by atoms with Crippen LogP contribution in [-0.2, 0) is 4.79 Å². The summed E-state index contributed by atoms with van der Waals surface area (Å²) < 4.78 is 10.4. The van der Waals surface area contributed by atoms with Crippen LogP contribution in [0.2, 0.25) is 0 Å². The highest BCUT2D eigenvalue weighted by atomic mass is 16.5. The fourth-order valence-electron chi connectivity index (χ4n) is 1.04. The van der Waals surface area contributed by atoms with Crippen LogP contribution in [0.4, 0.5) is 0 Å². The third kappa shape index (κ3) is 3.57. The highest BCUT2D eigenvalue weighted by Crippen LogP contribution is 2.19. The van der Waals surface area contributed by atoms with E-state index in [-0.39, 0.29) is 17.8 Å². The average molecular weight is 222 g/mol. The molecule has 16 heavy (non-hydrogen) atoms. The molecule has 0 unspecified atom stereocenters. The summed E-state index contributed by atoms with van der Waals surface area (Å²) >= 11 is 0. The molecule has 3 heteroatoms. The van der Waals surface area contributed by atoms with Crippen molar-refractivity contribution in [1.29, 1.82) is 0 Å². The van der Waals surface area contributed by atoms with Crippen molar-refractivity contribution < 1.29 is 14.3 Å². The van der Waals surface area contributed by atoms with E-state index in [2.05, 4.69) is 0 Å². The molecule has 0 aliphatic rings. The number of carbonyl (C=O) groups excluding carboxylic acids is 1. The molecule has 3 nitrogen and oxygen atoms in total. The van der Waals surface area contributed by atoms with E-state index < -0.39 is 0 Å². The van der Waals surface area contributed by atoms with Crippen LogP contribution in [0.5, 0.6) is 11.5 Å². The standard InChI is InChI=1S/C13H18O3/c1-13(2,3)12(14)9-16-11-7-5-10(15-4)6-8-11/h5-8H,9H2,1-4H3. The first kappa shape index (κ1) is 12.6. The Morgan fingerprint density at radius 2 is 1.62 bits per heavy atom. The average Bonchev–Trinajstić information content (AvgIpc) is 2.25. The number of Topliss-reactive ketones (excluding diaryl/α,β-unsaturated/α-hetero) is 1. The van der Waals surface area contributed by atoms with Crippen molar-refractivity contribution in [3.8, 4) is 11.5 Å². The van der Waals surface area contributed by atoms with Crippen molar-refractivity contribution in [2.45, 2.75) is 20.8 Å². The third-order valence-electron chi connectivity index (χ3n) is 2.27. The summed E-state index contributed by atoms with van der Waals surface area (Å²) in [5, 5.41) is 0. The molecule has 0 aliphatic carbocycles. The minimum Gasteiger partial charge on any atom is -0.497 e. The molecule has 0 spiro atoms. The topological polar surface area (TPSA) is 35.5 Å². The van der Waals surface area contributed by atoms with E-state index in [4.69, 9.17) is 9.47 Å². The lowest BCUT2D eigenvalue weighted by Gasteiger charge is -2.16. The number of carbonyl (C=O) groups is 1. The van der Waals surface area contributed by atoms with Crippen LogP contribution in [-0.4, -0.2) is 19.5 Å². The van der Waals surface area contributed by atoms with E-state index in [1.165, 1.54) is 0 Å². The van der Waals surface area contributed by atoms with Crippen molar-refractivity contribution in [2.75, 3.05) is 13.7 Å². The van der Waals surface area contributed by atoms with E-state index in [0.29, 0.717) is 5.75 Å². The SMILES string of the molecule is COc1ccc(OCC(=O)C(C)(C)C)cc1. The van der Waals surface area contributed by atoms with Gasteiger partial charge < -0.3 is 9.47 Å². The van der Waals surface area contributed by atoms with Gasteiger partial charge in [0.1, 0.15) is 18.1 Å². The molecule has 1 rings (SSSR count). The monoisotopic (exact) mass is 222 g/mol. The Balaban J connectivity index is 2.52. The van der Waals surface area contributed by atoms with E-state index in [1.807, 2.05) is 20.8 Å². The second-order valence-corrected chi connectivity index (χ2v) is 4.64. The summed E-state index contributed by atoms with van der Waals surface area (Å²) in [7, 11) is 1.61. The fraction of sp³-hybridized carbons (Fsp3) is 0.462. The number of rotatable bonds is 4. The summed E-state index contributed by atoms with van der Waals surface area (Å²) in [4.78, 5) is 11.6. The molecule has 0 aliphatic heterocycles. The quantitative estimate of drug-likeness (QED) is 0.785. The van der Waals surface area contributed by atoms with Crippen molar-refractivity contribution in [3.63, 3.8) is 0 Å². The molecule has 0 radical (unpaired) electrons. The Bertz CT molecular complexity index is 346. The van der Waals surface area contributed by atoms with Gasteiger partial charge in [-0.3, -0.25) is 4.79 Å². The summed E-state index contributed by atoms with van der Waals surface area (Å²) in [6.45, 7) is 5.75. The molecule has 88 valence electrons. The van der Waals surface area contributed by atoms with Gasteiger partial charge in [-0.2, -0.15) is 0 Å². The minimum absolute atomic E-state index is 0.0864. The van der Waals surface area contributed by atoms with E-state index in [9.17, 15) is 4.79 Å². The number of ketones is 1. The van der Waals surface area contributed by atoms with Gasteiger partial charge in [0.25, 0.3) is 0 Å². The number of ether oxygens (including phenoxy) is 2. The summed E-state index contributed by atoms with van der Waals surface area (Å²) in [5.41, 5.74) is -0.355. The van der Waals surface area contributed by atoms with Gasteiger partial charge in [-0.25, -0.2) is 0 Å². The van der Waals surface area contributed by atoms with Crippen LogP contribution < -0.4 is 9.47 Å². The lowest BCUT2D eigenvalue weighted by atomic mass is 9.91. The Morgan fingerprint density at radius 3 is 2.06 bits per heavy atom. The Hall–Kier alpha value is -1.51. The molecule has 0 atom stereocenters. The molecule has 0 aromatic heterocycles. The Labute approximate surface area is 96.4 Å². The van der Waals surface area contributed by atoms with Crippen LogP contribution in [0.25, 0.3) is 0 Å². The van der Waals surface area contributed by atoms with Crippen LogP contribution in [0.1, 0.15) is 20.8 Å². The van der Waals surface area contributed by atoms with Crippen LogP contribution >= 0.6 is 0 Å². The molecule has 0 heterocycles. The summed E-state index contributed by atoms with van der Waals surface area (Å²) in [6.07, 6.45) is 0. The molecule has 0 saturated heterocycles. The molecule has 1 aromatic carbocycles. The predicted octanol–water partition coefficient (Wildman–Crippen LogP) is 2.69. The highest BCUT2D eigenvalue weighted by molar-refractivity contribution is 5.85. The fourth-order valence-corrected chi connectivity index (χ4v) is 1.04. The van der Waals surface area contributed by atoms with Crippen molar-refractivity contribution >= 4 is 5.78 Å². The number of hydrogen-bond donors (Lipinski definition) is 0. The Morgan fingerprint density at radius 1 is 1.12 bits per heavy atom. The second-order valence-electron chi connectivity index (χ2n) is 4.64. The summed E-state index contributed by atoms with van der Waals surface area (Å²) in [6, 6.07) is 7.18. The van der Waals surface area contributed by atoms with Crippen LogP contribution in [0, 0.1) is 5.41 Å². The number of benzene rings is 1. The predicted molar refractivity (Wildman–Crippen MR) is 63.0 cm³/mol. The first-order valence-electron chi connectivity index (χ1n) is 5.23. The first-order valence-corrected chi connectivity index (χ1v) is 5.23. The zero-order valence-corrected chi connectivity index (χ0v) is 10.2.